The minimum atomic E-state index is 0.0499. The minimum absolute atomic E-state index is 0.0499. The van der Waals surface area contributed by atoms with Gasteiger partial charge in [-0.3, -0.25) is 0 Å². The van der Waals surface area contributed by atoms with E-state index in [0.29, 0.717) is 10.0 Å². The van der Waals surface area contributed by atoms with E-state index in [2.05, 4.69) is 5.32 Å². The molecule has 3 N–H and O–H groups in total. The first-order chi connectivity index (χ1) is 8.99. The third-order valence-electron chi connectivity index (χ3n) is 3.13. The predicted molar refractivity (Wildman–Crippen MR) is 84.1 cm³/mol. The molecule has 0 aliphatic rings. The van der Waals surface area contributed by atoms with Crippen LogP contribution in [0.15, 0.2) is 36.4 Å². The maximum Gasteiger partial charge on any atom is 0.0581 e. The van der Waals surface area contributed by atoms with Gasteiger partial charge in [-0.25, -0.2) is 0 Å². The van der Waals surface area contributed by atoms with Gasteiger partial charge in [-0.1, -0.05) is 41.4 Å². The zero-order chi connectivity index (χ0) is 14.0. The summed E-state index contributed by atoms with van der Waals surface area (Å²) in [5.74, 6) is 0. The molecule has 0 amide bonds. The Bertz CT molecular complexity index is 597. The molecule has 0 saturated heterocycles. The fraction of sp³-hybridized carbons (Fsp3) is 0.200. The number of benzene rings is 2. The second-order valence-corrected chi connectivity index (χ2v) is 5.41. The minimum Gasteiger partial charge on any atom is -0.397 e. The maximum absolute atomic E-state index is 6.21. The van der Waals surface area contributed by atoms with Gasteiger partial charge in [0, 0.05) is 10.0 Å². The molecule has 0 spiro atoms. The van der Waals surface area contributed by atoms with Gasteiger partial charge in [0.15, 0.2) is 0 Å². The zero-order valence-corrected chi connectivity index (χ0v) is 12.4. The number of hydrogen-bond acceptors (Lipinski definition) is 2. The van der Waals surface area contributed by atoms with E-state index in [4.69, 9.17) is 28.9 Å². The smallest absolute Gasteiger partial charge is 0.0581 e. The van der Waals surface area contributed by atoms with Gasteiger partial charge in [0.25, 0.3) is 0 Å². The highest BCUT2D eigenvalue weighted by Gasteiger charge is 2.11. The van der Waals surface area contributed by atoms with Crippen molar-refractivity contribution in [3.05, 3.63) is 57.6 Å². The van der Waals surface area contributed by atoms with E-state index >= 15 is 0 Å². The number of halogens is 2. The zero-order valence-electron chi connectivity index (χ0n) is 10.9. The predicted octanol–water partition coefficient (Wildman–Crippen LogP) is 5.06. The molecule has 0 aromatic heterocycles. The second kappa shape index (κ2) is 5.72. The van der Waals surface area contributed by atoms with Crippen molar-refractivity contribution in [2.75, 3.05) is 11.1 Å². The van der Waals surface area contributed by atoms with E-state index in [0.717, 1.165) is 22.5 Å². The summed E-state index contributed by atoms with van der Waals surface area (Å²) in [6.45, 7) is 4.03. The number of nitrogens with two attached hydrogens (primary N) is 1. The Labute approximate surface area is 123 Å². The summed E-state index contributed by atoms with van der Waals surface area (Å²) in [7, 11) is 0. The highest BCUT2D eigenvalue weighted by molar-refractivity contribution is 6.35. The third-order valence-corrected chi connectivity index (χ3v) is 3.69. The van der Waals surface area contributed by atoms with Crippen LogP contribution in [0, 0.1) is 6.92 Å². The monoisotopic (exact) mass is 294 g/mol. The summed E-state index contributed by atoms with van der Waals surface area (Å²) < 4.78 is 0. The normalized spacial score (nSPS) is 12.2. The van der Waals surface area contributed by atoms with Crippen molar-refractivity contribution in [3.8, 4) is 0 Å². The first-order valence-electron chi connectivity index (χ1n) is 6.05. The molecule has 19 heavy (non-hydrogen) atoms. The Morgan fingerprint density at radius 2 is 1.89 bits per heavy atom. The third kappa shape index (κ3) is 3.14. The SMILES string of the molecule is Cc1cccc(NC(C)c2ccc(Cl)cc2Cl)c1N. The number of aryl methyl sites for hydroxylation is 1. The number of nitrogen functional groups attached to an aromatic ring is 1. The largest absolute Gasteiger partial charge is 0.397 e. The average Bonchev–Trinajstić information content (AvgIpc) is 2.34. The Kier molecular flexibility index (Phi) is 4.23. The summed E-state index contributed by atoms with van der Waals surface area (Å²) in [5, 5.41) is 4.66. The number of anilines is 2. The lowest BCUT2D eigenvalue weighted by molar-refractivity contribution is 0.885. The molecule has 4 heteroatoms. The molecule has 0 fully saturated rings. The van der Waals surface area contributed by atoms with Gasteiger partial charge in [-0.05, 0) is 43.2 Å². The molecule has 2 rings (SSSR count). The summed E-state index contributed by atoms with van der Waals surface area (Å²) in [4.78, 5) is 0. The molecule has 1 atom stereocenters. The van der Waals surface area contributed by atoms with Gasteiger partial charge in [0.05, 0.1) is 17.4 Å². The second-order valence-electron chi connectivity index (χ2n) is 4.57. The first kappa shape index (κ1) is 14.0. The first-order valence-corrected chi connectivity index (χ1v) is 6.81. The average molecular weight is 295 g/mol. The fourth-order valence-electron chi connectivity index (χ4n) is 1.97. The van der Waals surface area contributed by atoms with Gasteiger partial charge in [-0.2, -0.15) is 0 Å². The number of rotatable bonds is 3. The molecule has 0 aliphatic carbocycles. The standard InChI is InChI=1S/C15H16Cl2N2/c1-9-4-3-5-14(15(9)18)19-10(2)12-7-6-11(16)8-13(12)17/h3-8,10,19H,18H2,1-2H3. The molecule has 0 heterocycles. The lowest BCUT2D eigenvalue weighted by atomic mass is 10.1. The van der Waals surface area contributed by atoms with Crippen molar-refractivity contribution >= 4 is 34.6 Å². The molecule has 0 bridgehead atoms. The van der Waals surface area contributed by atoms with E-state index in [1.54, 1.807) is 6.07 Å². The topological polar surface area (TPSA) is 38.0 Å². The summed E-state index contributed by atoms with van der Waals surface area (Å²) in [5.41, 5.74) is 9.78. The molecule has 0 radical (unpaired) electrons. The van der Waals surface area contributed by atoms with E-state index in [-0.39, 0.29) is 6.04 Å². The number of para-hydroxylation sites is 1. The highest BCUT2D eigenvalue weighted by atomic mass is 35.5. The van der Waals surface area contributed by atoms with Gasteiger partial charge < -0.3 is 11.1 Å². The van der Waals surface area contributed by atoms with E-state index in [1.165, 1.54) is 0 Å². The van der Waals surface area contributed by atoms with Crippen molar-refractivity contribution in [2.45, 2.75) is 19.9 Å². The van der Waals surface area contributed by atoms with E-state index < -0.39 is 0 Å². The van der Waals surface area contributed by atoms with E-state index in [9.17, 15) is 0 Å². The van der Waals surface area contributed by atoms with Crippen LogP contribution in [-0.4, -0.2) is 0 Å². The molecule has 2 aromatic rings. The van der Waals surface area contributed by atoms with Crippen molar-refractivity contribution in [2.24, 2.45) is 0 Å². The molecule has 0 saturated carbocycles. The summed E-state index contributed by atoms with van der Waals surface area (Å²) in [6.07, 6.45) is 0. The summed E-state index contributed by atoms with van der Waals surface area (Å²) in [6, 6.07) is 11.5. The highest BCUT2D eigenvalue weighted by Crippen LogP contribution is 2.30. The lowest BCUT2D eigenvalue weighted by Gasteiger charge is -2.19. The van der Waals surface area contributed by atoms with E-state index in [1.807, 2.05) is 44.2 Å². The van der Waals surface area contributed by atoms with Crippen LogP contribution >= 0.6 is 23.2 Å². The molecule has 1 unspecified atom stereocenters. The Hall–Kier alpha value is -1.38. The van der Waals surface area contributed by atoms with Crippen molar-refractivity contribution in [1.29, 1.82) is 0 Å². The fourth-order valence-corrected chi connectivity index (χ4v) is 2.54. The molecule has 2 aromatic carbocycles. The van der Waals surface area contributed by atoms with Crippen LogP contribution in [0.2, 0.25) is 10.0 Å². The van der Waals surface area contributed by atoms with Crippen LogP contribution < -0.4 is 11.1 Å². The van der Waals surface area contributed by atoms with Gasteiger partial charge in [0.1, 0.15) is 0 Å². The number of nitrogens with one attached hydrogen (secondary N) is 1. The van der Waals surface area contributed by atoms with Crippen molar-refractivity contribution < 1.29 is 0 Å². The lowest BCUT2D eigenvalue weighted by Crippen LogP contribution is -2.09. The van der Waals surface area contributed by atoms with Crippen LogP contribution in [0.1, 0.15) is 24.1 Å². The molecule has 100 valence electrons. The Balaban J connectivity index is 2.25. The quantitative estimate of drug-likeness (QED) is 0.777. The van der Waals surface area contributed by atoms with Crippen LogP contribution in [0.25, 0.3) is 0 Å². The molecule has 2 nitrogen and oxygen atoms in total. The molecular weight excluding hydrogens is 279 g/mol. The van der Waals surface area contributed by atoms with Crippen LogP contribution in [0.3, 0.4) is 0 Å². The Morgan fingerprint density at radius 1 is 1.16 bits per heavy atom. The van der Waals surface area contributed by atoms with Crippen LogP contribution in [-0.2, 0) is 0 Å². The van der Waals surface area contributed by atoms with Crippen molar-refractivity contribution in [3.63, 3.8) is 0 Å². The molecule has 0 aliphatic heterocycles. The van der Waals surface area contributed by atoms with Crippen molar-refractivity contribution in [1.82, 2.24) is 0 Å². The van der Waals surface area contributed by atoms with Crippen LogP contribution in [0.5, 0.6) is 0 Å². The number of hydrogen-bond donors (Lipinski definition) is 2. The van der Waals surface area contributed by atoms with Gasteiger partial charge in [0.2, 0.25) is 0 Å². The van der Waals surface area contributed by atoms with Gasteiger partial charge >= 0.3 is 0 Å². The maximum atomic E-state index is 6.21. The Morgan fingerprint density at radius 3 is 2.58 bits per heavy atom. The van der Waals surface area contributed by atoms with Gasteiger partial charge in [-0.15, -0.1) is 0 Å². The molecular formula is C15H16Cl2N2. The summed E-state index contributed by atoms with van der Waals surface area (Å²) >= 11 is 12.1. The van der Waals surface area contributed by atoms with Crippen LogP contribution in [0.4, 0.5) is 11.4 Å².